The van der Waals surface area contributed by atoms with Crippen LogP contribution in [-0.2, 0) is 14.4 Å². The van der Waals surface area contributed by atoms with Gasteiger partial charge in [0, 0.05) is 25.1 Å². The molecule has 1 aliphatic heterocycles. The molecule has 8 heteroatoms. The molecule has 0 spiro atoms. The second kappa shape index (κ2) is 9.43. The Morgan fingerprint density at radius 3 is 2.54 bits per heavy atom. The Labute approximate surface area is 165 Å². The van der Waals surface area contributed by atoms with Crippen LogP contribution in [0.15, 0.2) is 18.2 Å². The lowest BCUT2D eigenvalue weighted by Crippen LogP contribution is -2.49. The van der Waals surface area contributed by atoms with E-state index in [1.807, 2.05) is 13.8 Å². The van der Waals surface area contributed by atoms with Crippen LogP contribution in [-0.4, -0.2) is 50.6 Å². The molecule has 1 aromatic carbocycles. The van der Waals surface area contributed by atoms with Gasteiger partial charge in [0.2, 0.25) is 17.7 Å². The highest BCUT2D eigenvalue weighted by atomic mass is 16.5. The van der Waals surface area contributed by atoms with Crippen molar-refractivity contribution in [2.24, 2.45) is 5.92 Å². The first-order valence-corrected chi connectivity index (χ1v) is 9.43. The van der Waals surface area contributed by atoms with E-state index >= 15 is 0 Å². The Kier molecular flexibility index (Phi) is 7.25. The molecule has 0 bridgehead atoms. The minimum Gasteiger partial charge on any atom is -0.497 e. The van der Waals surface area contributed by atoms with E-state index in [1.54, 1.807) is 32.2 Å². The highest BCUT2D eigenvalue weighted by molar-refractivity contribution is 6.02. The maximum Gasteiger partial charge on any atom is 0.242 e. The number of methoxy groups -OCH3 is 2. The molecule has 2 rings (SSSR count). The van der Waals surface area contributed by atoms with Crippen molar-refractivity contribution >= 4 is 23.4 Å². The van der Waals surface area contributed by atoms with Crippen LogP contribution in [0.3, 0.4) is 0 Å². The lowest BCUT2D eigenvalue weighted by molar-refractivity contribution is -0.131. The zero-order chi connectivity index (χ0) is 20.8. The van der Waals surface area contributed by atoms with Crippen molar-refractivity contribution in [3.8, 4) is 11.5 Å². The van der Waals surface area contributed by atoms with Crippen molar-refractivity contribution in [2.75, 3.05) is 25.7 Å². The van der Waals surface area contributed by atoms with Crippen molar-refractivity contribution in [3.63, 3.8) is 0 Å². The summed E-state index contributed by atoms with van der Waals surface area (Å²) in [6.07, 6.45) is 0.892. The zero-order valence-electron chi connectivity index (χ0n) is 17.1. The van der Waals surface area contributed by atoms with Gasteiger partial charge in [-0.1, -0.05) is 6.92 Å². The van der Waals surface area contributed by atoms with Gasteiger partial charge in [-0.25, -0.2) is 0 Å². The maximum absolute atomic E-state index is 12.6. The third-order valence-electron chi connectivity index (χ3n) is 4.93. The average molecular weight is 391 g/mol. The Balaban J connectivity index is 2.04. The molecule has 3 atom stereocenters. The molecule has 3 amide bonds. The lowest BCUT2D eigenvalue weighted by atomic mass is 10.1. The third-order valence-corrected chi connectivity index (χ3v) is 4.93. The number of rotatable bonds is 8. The minimum absolute atomic E-state index is 0.0398. The zero-order valence-corrected chi connectivity index (χ0v) is 17.1. The molecule has 0 radical (unpaired) electrons. The average Bonchev–Trinajstić information content (AvgIpc) is 3.08. The fourth-order valence-electron chi connectivity index (χ4n) is 2.99. The maximum atomic E-state index is 12.6. The van der Waals surface area contributed by atoms with E-state index in [0.717, 1.165) is 6.42 Å². The fraction of sp³-hybridized carbons (Fsp3) is 0.550. The first-order valence-electron chi connectivity index (χ1n) is 9.43. The summed E-state index contributed by atoms with van der Waals surface area (Å²) in [5, 5.41) is 5.54. The number of ether oxygens (including phenoxy) is 2. The van der Waals surface area contributed by atoms with E-state index in [-0.39, 0.29) is 36.7 Å². The summed E-state index contributed by atoms with van der Waals surface area (Å²) in [5.41, 5.74) is 0.589. The predicted molar refractivity (Wildman–Crippen MR) is 106 cm³/mol. The van der Waals surface area contributed by atoms with Gasteiger partial charge in [0.1, 0.15) is 17.5 Å². The molecular formula is C20H29N3O5. The molecule has 1 heterocycles. The number of hydrogen-bond donors (Lipinski definition) is 2. The molecule has 3 unspecified atom stereocenters. The van der Waals surface area contributed by atoms with Crippen LogP contribution < -0.4 is 25.0 Å². The topological polar surface area (TPSA) is 97.0 Å². The van der Waals surface area contributed by atoms with Gasteiger partial charge >= 0.3 is 0 Å². The van der Waals surface area contributed by atoms with E-state index in [0.29, 0.717) is 17.2 Å². The molecule has 1 aliphatic rings. The first kappa shape index (κ1) is 21.5. The van der Waals surface area contributed by atoms with E-state index in [2.05, 4.69) is 10.6 Å². The molecule has 0 aromatic heterocycles. The van der Waals surface area contributed by atoms with Crippen molar-refractivity contribution in [3.05, 3.63) is 18.2 Å². The summed E-state index contributed by atoms with van der Waals surface area (Å²) in [7, 11) is 3.06. The first-order chi connectivity index (χ1) is 13.3. The van der Waals surface area contributed by atoms with Gasteiger partial charge < -0.3 is 25.0 Å². The number of amides is 3. The number of hydrogen-bond acceptors (Lipinski definition) is 5. The highest BCUT2D eigenvalue weighted by Crippen LogP contribution is 2.35. The largest absolute Gasteiger partial charge is 0.497 e. The Morgan fingerprint density at radius 2 is 1.93 bits per heavy atom. The molecule has 8 nitrogen and oxygen atoms in total. The van der Waals surface area contributed by atoms with E-state index in [9.17, 15) is 14.4 Å². The smallest absolute Gasteiger partial charge is 0.242 e. The van der Waals surface area contributed by atoms with Gasteiger partial charge in [-0.2, -0.15) is 0 Å². The monoisotopic (exact) mass is 391 g/mol. The van der Waals surface area contributed by atoms with Gasteiger partial charge in [-0.3, -0.25) is 14.4 Å². The van der Waals surface area contributed by atoms with Crippen LogP contribution in [0.2, 0.25) is 0 Å². The lowest BCUT2D eigenvalue weighted by Gasteiger charge is -2.21. The van der Waals surface area contributed by atoms with Gasteiger partial charge in [-0.05, 0) is 32.4 Å². The SMILES string of the molecule is CCC(C)NC(=O)C(C)NC(=O)C1CC(=O)N(c2ccc(OC)cc2OC)C1. The molecule has 0 saturated carbocycles. The summed E-state index contributed by atoms with van der Waals surface area (Å²) in [6, 6.07) is 4.54. The predicted octanol–water partition coefficient (Wildman–Crippen LogP) is 1.48. The molecule has 154 valence electrons. The summed E-state index contributed by atoms with van der Waals surface area (Å²) >= 11 is 0. The van der Waals surface area contributed by atoms with Crippen LogP contribution >= 0.6 is 0 Å². The number of nitrogens with one attached hydrogen (secondary N) is 2. The summed E-state index contributed by atoms with van der Waals surface area (Å²) in [6.45, 7) is 5.74. The van der Waals surface area contributed by atoms with E-state index in [4.69, 9.17) is 9.47 Å². The fourth-order valence-corrected chi connectivity index (χ4v) is 2.99. The number of anilines is 1. The van der Waals surface area contributed by atoms with E-state index < -0.39 is 12.0 Å². The quantitative estimate of drug-likeness (QED) is 0.700. The summed E-state index contributed by atoms with van der Waals surface area (Å²) < 4.78 is 10.5. The second-order valence-corrected chi connectivity index (χ2v) is 6.99. The Morgan fingerprint density at radius 1 is 1.21 bits per heavy atom. The van der Waals surface area contributed by atoms with Crippen LogP contribution in [0.5, 0.6) is 11.5 Å². The summed E-state index contributed by atoms with van der Waals surface area (Å²) in [4.78, 5) is 38.7. The molecule has 1 saturated heterocycles. The number of benzene rings is 1. The van der Waals surface area contributed by atoms with Gasteiger partial charge in [0.25, 0.3) is 0 Å². The molecule has 1 aromatic rings. The standard InChI is InChI=1S/C20H29N3O5/c1-6-12(2)21-19(25)13(3)22-20(26)14-9-18(24)23(11-14)16-8-7-15(27-4)10-17(16)28-5/h7-8,10,12-14H,6,9,11H2,1-5H3,(H,21,25)(H,22,26). The van der Waals surface area contributed by atoms with Crippen LogP contribution in [0, 0.1) is 5.92 Å². The Bertz CT molecular complexity index is 737. The summed E-state index contributed by atoms with van der Waals surface area (Å²) in [5.74, 6) is -0.132. The minimum atomic E-state index is -0.666. The molecular weight excluding hydrogens is 362 g/mol. The third kappa shape index (κ3) is 4.94. The van der Waals surface area contributed by atoms with Gasteiger partial charge in [0.15, 0.2) is 0 Å². The second-order valence-electron chi connectivity index (χ2n) is 6.99. The number of carbonyl (C=O) groups is 3. The van der Waals surface area contributed by atoms with E-state index in [1.165, 1.54) is 12.0 Å². The highest BCUT2D eigenvalue weighted by Gasteiger charge is 2.37. The van der Waals surface area contributed by atoms with Crippen molar-refractivity contribution < 1.29 is 23.9 Å². The van der Waals surface area contributed by atoms with Crippen molar-refractivity contribution in [1.29, 1.82) is 0 Å². The van der Waals surface area contributed by atoms with Crippen molar-refractivity contribution in [1.82, 2.24) is 10.6 Å². The van der Waals surface area contributed by atoms with Crippen LogP contribution in [0.25, 0.3) is 0 Å². The Hall–Kier alpha value is -2.77. The van der Waals surface area contributed by atoms with Gasteiger partial charge in [0.05, 0.1) is 25.8 Å². The number of carbonyl (C=O) groups excluding carboxylic acids is 3. The van der Waals surface area contributed by atoms with Crippen LogP contribution in [0.1, 0.15) is 33.6 Å². The molecule has 2 N–H and O–H groups in total. The normalized spacial score (nSPS) is 18.4. The van der Waals surface area contributed by atoms with Crippen molar-refractivity contribution in [2.45, 2.75) is 45.7 Å². The van der Waals surface area contributed by atoms with Crippen LogP contribution in [0.4, 0.5) is 5.69 Å². The number of nitrogens with zero attached hydrogens (tertiary/aromatic N) is 1. The van der Waals surface area contributed by atoms with Gasteiger partial charge in [-0.15, -0.1) is 0 Å². The molecule has 28 heavy (non-hydrogen) atoms. The molecule has 1 fully saturated rings. The molecule has 0 aliphatic carbocycles.